The lowest BCUT2D eigenvalue weighted by Crippen LogP contribution is -1.96. The molecule has 0 aliphatic carbocycles. The molecule has 0 aliphatic rings. The smallest absolute Gasteiger partial charge is 0.106 e. The first-order valence-electron chi connectivity index (χ1n) is 6.73. The van der Waals surface area contributed by atoms with E-state index < -0.39 is 28.6 Å². The number of alkyl halides is 1. The topological polar surface area (TPSA) is 97.7 Å². The molecule has 0 amide bonds. The molecule has 0 radical (unpaired) electrons. The second-order valence-electron chi connectivity index (χ2n) is 7.02. The van der Waals surface area contributed by atoms with Crippen LogP contribution in [0.2, 0.25) is 0 Å². The van der Waals surface area contributed by atoms with Gasteiger partial charge in [-0.1, -0.05) is 0 Å². The van der Waals surface area contributed by atoms with Gasteiger partial charge in [0.1, 0.15) is 21.4 Å². The lowest BCUT2D eigenvalue weighted by molar-refractivity contribution is 0.224. The van der Waals surface area contributed by atoms with Crippen LogP contribution >= 0.6 is 40.2 Å². The lowest BCUT2D eigenvalue weighted by atomic mass is 11.5. The van der Waals surface area contributed by atoms with Gasteiger partial charge in [0.15, 0.2) is 0 Å². The van der Waals surface area contributed by atoms with Crippen molar-refractivity contribution in [2.24, 2.45) is 0 Å². The van der Waals surface area contributed by atoms with Crippen LogP contribution in [-0.2, 0) is 23.0 Å². The third kappa shape index (κ3) is 45.1. The number of aliphatic hydroxyl groups excluding tert-OH is 1. The van der Waals surface area contributed by atoms with Crippen LogP contribution in [-0.4, -0.2) is 83.1 Å². The van der Waals surface area contributed by atoms with E-state index >= 15 is 0 Å². The van der Waals surface area contributed by atoms with Crippen molar-refractivity contribution in [1.82, 2.24) is 0 Å². The quantitative estimate of drug-likeness (QED) is 0.489. The summed E-state index contributed by atoms with van der Waals surface area (Å²) in [6.45, 7) is 13.1. The average Bonchev–Trinajstić information content (AvgIpc) is 2.25. The Morgan fingerprint density at radius 3 is 1.00 bits per heavy atom. The number of hydrogen-bond donors (Lipinski definition) is 1. The van der Waals surface area contributed by atoms with Crippen LogP contribution in [0.5, 0.6) is 0 Å². The number of hydrogen-bond acceptors (Lipinski definition) is 6. The highest BCUT2D eigenvalue weighted by Crippen LogP contribution is 2.40. The summed E-state index contributed by atoms with van der Waals surface area (Å²) >= 11 is 5.21. The van der Waals surface area contributed by atoms with Gasteiger partial charge in [-0.15, -0.1) is 11.6 Å². The fraction of sp³-hybridized carbons (Fsp3) is 1.00. The predicted molar refractivity (Wildman–Crippen MR) is 106 cm³/mol. The van der Waals surface area contributed by atoms with E-state index in [0.717, 1.165) is 0 Å². The Morgan fingerprint density at radius 2 is 0.913 bits per heavy atom. The van der Waals surface area contributed by atoms with Crippen molar-refractivity contribution < 1.29 is 28.1 Å². The summed E-state index contributed by atoms with van der Waals surface area (Å²) in [7, 11) is -8.16. The Bertz CT molecular complexity index is 440. The van der Waals surface area contributed by atoms with Gasteiger partial charge in [0.25, 0.3) is 0 Å². The molecular formula is C12H33ClO6P4. The molecule has 0 aromatic heterocycles. The molecular weight excluding hydrogens is 399 g/mol. The highest BCUT2D eigenvalue weighted by atomic mass is 35.5. The van der Waals surface area contributed by atoms with Crippen LogP contribution in [0, 0.1) is 0 Å². The van der Waals surface area contributed by atoms with E-state index in [0.29, 0.717) is 5.62 Å². The van der Waals surface area contributed by atoms with Gasteiger partial charge in [0.05, 0.1) is 31.8 Å². The fourth-order valence-electron chi connectivity index (χ4n) is 0.481. The Labute approximate surface area is 146 Å². The van der Waals surface area contributed by atoms with Crippen molar-refractivity contribution in [3.8, 4) is 0 Å². The largest absolute Gasteiger partial charge is 0.389 e. The highest BCUT2D eigenvalue weighted by Gasteiger charge is 2.11. The SMILES string of the molecule is CP(C)(=O)CCl.CP(C)(=O)CO.CP(C)(=O)COCP(C)(C)=O. The molecule has 0 spiro atoms. The molecule has 144 valence electrons. The molecule has 0 aromatic rings. The third-order valence-corrected chi connectivity index (χ3v) is 6.03. The molecule has 0 rings (SSSR count). The average molecular weight is 433 g/mol. The van der Waals surface area contributed by atoms with E-state index in [9.17, 15) is 18.3 Å². The number of halogens is 1. The normalized spacial score (nSPS) is 12.6. The molecule has 0 fully saturated rings. The molecule has 0 saturated carbocycles. The van der Waals surface area contributed by atoms with Crippen molar-refractivity contribution in [2.75, 3.05) is 78.0 Å². The van der Waals surface area contributed by atoms with Crippen molar-refractivity contribution in [3.05, 3.63) is 0 Å². The summed E-state index contributed by atoms with van der Waals surface area (Å²) in [6, 6.07) is 0. The maximum absolute atomic E-state index is 11.1. The van der Waals surface area contributed by atoms with Crippen LogP contribution in [0.25, 0.3) is 0 Å². The lowest BCUT2D eigenvalue weighted by Gasteiger charge is -2.09. The summed E-state index contributed by atoms with van der Waals surface area (Å²) in [5.41, 5.74) is 0.299. The van der Waals surface area contributed by atoms with Crippen LogP contribution in [0.3, 0.4) is 0 Å². The predicted octanol–water partition coefficient (Wildman–Crippen LogP) is 4.53. The van der Waals surface area contributed by atoms with Crippen LogP contribution < -0.4 is 0 Å². The maximum atomic E-state index is 11.1. The first-order chi connectivity index (χ1) is 9.83. The van der Waals surface area contributed by atoms with Gasteiger partial charge in [0, 0.05) is 0 Å². The second-order valence-corrected chi connectivity index (χ2v) is 21.4. The molecule has 0 atom stereocenters. The van der Waals surface area contributed by atoms with Gasteiger partial charge in [-0.05, 0) is 53.3 Å². The van der Waals surface area contributed by atoms with Crippen molar-refractivity contribution in [2.45, 2.75) is 0 Å². The van der Waals surface area contributed by atoms with E-state index in [2.05, 4.69) is 0 Å². The van der Waals surface area contributed by atoms with Gasteiger partial charge >= 0.3 is 0 Å². The van der Waals surface area contributed by atoms with Crippen LogP contribution in [0.1, 0.15) is 0 Å². The third-order valence-electron chi connectivity index (χ3n) is 1.43. The Balaban J connectivity index is -0.000000284. The molecule has 0 unspecified atom stereocenters. The van der Waals surface area contributed by atoms with E-state index in [-0.39, 0.29) is 19.0 Å². The molecule has 0 saturated heterocycles. The molecule has 0 bridgehead atoms. The van der Waals surface area contributed by atoms with E-state index in [1.54, 1.807) is 53.3 Å². The minimum Gasteiger partial charge on any atom is -0.389 e. The molecule has 6 nitrogen and oxygen atoms in total. The molecule has 1 N–H and O–H groups in total. The summed E-state index contributed by atoms with van der Waals surface area (Å²) in [4.78, 5) is 0. The minimum atomic E-state index is -2.10. The number of aliphatic hydroxyl groups is 1. The molecule has 0 aromatic carbocycles. The highest BCUT2D eigenvalue weighted by molar-refractivity contribution is 7.64. The first kappa shape index (κ1) is 28.9. The van der Waals surface area contributed by atoms with E-state index in [1.165, 1.54) is 0 Å². The summed E-state index contributed by atoms with van der Waals surface area (Å²) in [5, 5.41) is 8.14. The van der Waals surface area contributed by atoms with Gasteiger partial charge in [-0.3, -0.25) is 0 Å². The molecule has 11 heteroatoms. The number of rotatable bonds is 6. The van der Waals surface area contributed by atoms with E-state index in [4.69, 9.17) is 21.4 Å². The Hall–Kier alpha value is 1.13. The first-order valence-corrected chi connectivity index (χ1v) is 18.4. The monoisotopic (exact) mass is 432 g/mol. The molecule has 0 heterocycles. The maximum Gasteiger partial charge on any atom is 0.106 e. The zero-order valence-corrected chi connectivity index (χ0v) is 19.8. The van der Waals surface area contributed by atoms with Gasteiger partial charge in [-0.2, -0.15) is 0 Å². The van der Waals surface area contributed by atoms with Gasteiger partial charge in [-0.25, -0.2) is 0 Å². The van der Waals surface area contributed by atoms with Crippen molar-refractivity contribution in [3.63, 3.8) is 0 Å². The Morgan fingerprint density at radius 1 is 0.696 bits per heavy atom. The van der Waals surface area contributed by atoms with Crippen LogP contribution in [0.4, 0.5) is 0 Å². The van der Waals surface area contributed by atoms with Crippen LogP contribution in [0.15, 0.2) is 0 Å². The summed E-state index contributed by atoms with van der Waals surface area (Å²) in [5.74, 6) is 0. The fourth-order valence-corrected chi connectivity index (χ4v) is 1.69. The summed E-state index contributed by atoms with van der Waals surface area (Å²) in [6.07, 6.45) is 0.296. The molecule has 0 aliphatic heterocycles. The van der Waals surface area contributed by atoms with E-state index in [1.807, 2.05) is 0 Å². The second kappa shape index (κ2) is 12.5. The zero-order valence-electron chi connectivity index (χ0n) is 15.5. The minimum absolute atomic E-state index is 0.174. The van der Waals surface area contributed by atoms with Crippen molar-refractivity contribution >= 4 is 40.2 Å². The number of ether oxygens (including phenoxy) is 1. The Kier molecular flexibility index (Phi) is 15.7. The van der Waals surface area contributed by atoms with Crippen molar-refractivity contribution in [1.29, 1.82) is 0 Å². The van der Waals surface area contributed by atoms with Gasteiger partial charge < -0.3 is 28.1 Å². The standard InChI is InChI=1S/C6H16O3P2.C3H8ClOP.C3H9O2P/c1-10(2,7)5-9-6-11(3,4)8;2*1-6(2,5)3-4/h5-6H2,1-4H3;3H2,1-2H3;4H,3H2,1-2H3. The van der Waals surface area contributed by atoms with Gasteiger partial charge in [0.2, 0.25) is 0 Å². The molecule has 23 heavy (non-hydrogen) atoms. The summed E-state index contributed by atoms with van der Waals surface area (Å²) < 4.78 is 48.0. The zero-order chi connectivity index (χ0) is 19.5.